The molecule has 0 aliphatic rings. The van der Waals surface area contributed by atoms with Crippen molar-refractivity contribution in [3.8, 4) is 0 Å². The fourth-order valence-electron chi connectivity index (χ4n) is 1.46. The highest BCUT2D eigenvalue weighted by molar-refractivity contribution is 5.76. The van der Waals surface area contributed by atoms with E-state index in [1.54, 1.807) is 6.92 Å². The quantitative estimate of drug-likeness (QED) is 0.799. The van der Waals surface area contributed by atoms with Gasteiger partial charge in [0.25, 0.3) is 5.92 Å². The van der Waals surface area contributed by atoms with Crippen molar-refractivity contribution in [2.75, 3.05) is 6.61 Å². The van der Waals surface area contributed by atoms with Gasteiger partial charge in [-0.25, -0.2) is 4.98 Å². The van der Waals surface area contributed by atoms with Crippen molar-refractivity contribution in [1.29, 1.82) is 0 Å². The second-order valence-electron chi connectivity index (χ2n) is 3.42. The summed E-state index contributed by atoms with van der Waals surface area (Å²) >= 11 is 0. The number of nitrogens with zero attached hydrogens (tertiary/aromatic N) is 1. The molecule has 1 heterocycles. The Morgan fingerprint density at radius 2 is 2.20 bits per heavy atom. The van der Waals surface area contributed by atoms with Crippen LogP contribution in [0.3, 0.4) is 0 Å². The Balaban J connectivity index is 2.55. The first-order valence-electron chi connectivity index (χ1n) is 4.48. The largest absolute Gasteiger partial charge is 0.390 e. The van der Waals surface area contributed by atoms with Gasteiger partial charge in [0.05, 0.1) is 11.0 Å². The van der Waals surface area contributed by atoms with Gasteiger partial charge in [0.2, 0.25) is 0 Å². The smallest absolute Gasteiger partial charge is 0.295 e. The molecule has 0 fully saturated rings. The van der Waals surface area contributed by atoms with E-state index in [0.717, 1.165) is 0 Å². The van der Waals surface area contributed by atoms with Gasteiger partial charge < -0.3 is 10.1 Å². The Kier molecular flexibility index (Phi) is 2.19. The number of aryl methyl sites for hydroxylation is 1. The average molecular weight is 212 g/mol. The summed E-state index contributed by atoms with van der Waals surface area (Å²) in [5.74, 6) is -2.53. The standard InChI is InChI=1S/C10H10F2N2O/c1-6-13-8-3-2-7(4-9(8)14-6)10(11,12)5-15/h2-4,15H,5H2,1H3,(H,13,14). The van der Waals surface area contributed by atoms with Gasteiger partial charge in [-0.05, 0) is 19.1 Å². The van der Waals surface area contributed by atoms with Crippen molar-refractivity contribution in [2.45, 2.75) is 12.8 Å². The van der Waals surface area contributed by atoms with Gasteiger partial charge in [0.1, 0.15) is 12.4 Å². The minimum absolute atomic E-state index is 0.207. The molecule has 2 N–H and O–H groups in total. The molecular weight excluding hydrogens is 202 g/mol. The molecule has 0 radical (unpaired) electrons. The van der Waals surface area contributed by atoms with Gasteiger partial charge in [-0.15, -0.1) is 0 Å². The Morgan fingerprint density at radius 3 is 2.87 bits per heavy atom. The molecule has 3 nitrogen and oxygen atoms in total. The zero-order chi connectivity index (χ0) is 11.1. The summed E-state index contributed by atoms with van der Waals surface area (Å²) in [5.41, 5.74) is 0.990. The number of aromatic amines is 1. The molecule has 1 aromatic heterocycles. The number of hydrogen-bond acceptors (Lipinski definition) is 2. The number of benzene rings is 1. The lowest BCUT2D eigenvalue weighted by atomic mass is 10.1. The third-order valence-corrected chi connectivity index (χ3v) is 2.22. The number of H-pyrrole nitrogens is 1. The average Bonchev–Trinajstić information content (AvgIpc) is 2.56. The molecule has 0 bridgehead atoms. The molecule has 0 saturated heterocycles. The first-order valence-corrected chi connectivity index (χ1v) is 4.48. The van der Waals surface area contributed by atoms with Crippen LogP contribution in [0, 0.1) is 6.92 Å². The predicted molar refractivity (Wildman–Crippen MR) is 51.8 cm³/mol. The molecule has 80 valence electrons. The normalized spacial score (nSPS) is 12.3. The lowest BCUT2D eigenvalue weighted by Gasteiger charge is -2.12. The maximum Gasteiger partial charge on any atom is 0.295 e. The van der Waals surface area contributed by atoms with E-state index in [1.807, 2.05) is 0 Å². The summed E-state index contributed by atoms with van der Waals surface area (Å²) in [5, 5.41) is 8.55. The SMILES string of the molecule is Cc1nc2ccc(C(F)(F)CO)cc2[nH]1. The van der Waals surface area contributed by atoms with Crippen LogP contribution in [0.25, 0.3) is 11.0 Å². The van der Waals surface area contributed by atoms with Crippen LogP contribution in [0.15, 0.2) is 18.2 Å². The number of nitrogens with one attached hydrogen (secondary N) is 1. The Bertz CT molecular complexity index is 493. The molecule has 0 saturated carbocycles. The Morgan fingerprint density at radius 1 is 1.47 bits per heavy atom. The Hall–Kier alpha value is -1.49. The predicted octanol–water partition coefficient (Wildman–Crippen LogP) is 1.96. The fourth-order valence-corrected chi connectivity index (χ4v) is 1.46. The van der Waals surface area contributed by atoms with E-state index in [0.29, 0.717) is 16.9 Å². The lowest BCUT2D eigenvalue weighted by molar-refractivity contribution is -0.0555. The number of aliphatic hydroxyl groups excluding tert-OH is 1. The van der Waals surface area contributed by atoms with Crippen LogP contribution in [0.4, 0.5) is 8.78 Å². The zero-order valence-corrected chi connectivity index (χ0v) is 8.09. The van der Waals surface area contributed by atoms with E-state index in [-0.39, 0.29) is 5.56 Å². The molecule has 15 heavy (non-hydrogen) atoms. The van der Waals surface area contributed by atoms with E-state index in [9.17, 15) is 8.78 Å². The number of halogens is 2. The highest BCUT2D eigenvalue weighted by Gasteiger charge is 2.30. The Labute approximate surface area is 84.8 Å². The summed E-state index contributed by atoms with van der Waals surface area (Å²) < 4.78 is 26.3. The highest BCUT2D eigenvalue weighted by atomic mass is 19.3. The maximum absolute atomic E-state index is 13.1. The van der Waals surface area contributed by atoms with Crippen LogP contribution in [-0.2, 0) is 5.92 Å². The second-order valence-corrected chi connectivity index (χ2v) is 3.42. The molecule has 0 aliphatic carbocycles. The van der Waals surface area contributed by atoms with Crippen LogP contribution >= 0.6 is 0 Å². The topological polar surface area (TPSA) is 48.9 Å². The molecule has 0 amide bonds. The van der Waals surface area contributed by atoms with E-state index < -0.39 is 12.5 Å². The van der Waals surface area contributed by atoms with Crippen LogP contribution < -0.4 is 0 Å². The van der Waals surface area contributed by atoms with Crippen LogP contribution in [0.5, 0.6) is 0 Å². The molecule has 1 aromatic carbocycles. The zero-order valence-electron chi connectivity index (χ0n) is 8.09. The number of aromatic nitrogens is 2. The number of aliphatic hydroxyl groups is 1. The van der Waals surface area contributed by atoms with Gasteiger partial charge in [-0.2, -0.15) is 8.78 Å². The summed E-state index contributed by atoms with van der Waals surface area (Å²) in [6.07, 6.45) is 0. The van der Waals surface area contributed by atoms with Gasteiger partial charge in [0.15, 0.2) is 0 Å². The van der Waals surface area contributed by atoms with Gasteiger partial charge in [-0.3, -0.25) is 0 Å². The van der Waals surface area contributed by atoms with Gasteiger partial charge >= 0.3 is 0 Å². The lowest BCUT2D eigenvalue weighted by Crippen LogP contribution is -2.18. The molecule has 5 heteroatoms. The fraction of sp³-hybridized carbons (Fsp3) is 0.300. The van der Waals surface area contributed by atoms with Crippen LogP contribution in [0.1, 0.15) is 11.4 Å². The molecule has 0 aliphatic heterocycles. The third kappa shape index (κ3) is 1.70. The van der Waals surface area contributed by atoms with Gasteiger partial charge in [-0.1, -0.05) is 6.07 Å². The molecular formula is C10H10F2N2O. The van der Waals surface area contributed by atoms with Crippen molar-refractivity contribution in [3.63, 3.8) is 0 Å². The second kappa shape index (κ2) is 3.27. The highest BCUT2D eigenvalue weighted by Crippen LogP contribution is 2.28. The molecule has 2 rings (SSSR count). The minimum Gasteiger partial charge on any atom is -0.390 e. The monoisotopic (exact) mass is 212 g/mol. The summed E-state index contributed by atoms with van der Waals surface area (Å²) in [7, 11) is 0. The molecule has 2 aromatic rings. The number of fused-ring (bicyclic) bond motifs is 1. The molecule has 0 spiro atoms. The van der Waals surface area contributed by atoms with E-state index in [1.165, 1.54) is 18.2 Å². The van der Waals surface area contributed by atoms with Crippen LogP contribution in [0.2, 0.25) is 0 Å². The first-order chi connectivity index (χ1) is 7.03. The first kappa shape index (κ1) is 10.0. The maximum atomic E-state index is 13.1. The number of imidazole rings is 1. The molecule has 0 unspecified atom stereocenters. The van der Waals surface area contributed by atoms with Gasteiger partial charge in [0, 0.05) is 5.56 Å². The molecule has 0 atom stereocenters. The van der Waals surface area contributed by atoms with Crippen molar-refractivity contribution >= 4 is 11.0 Å². The van der Waals surface area contributed by atoms with Crippen LogP contribution in [-0.4, -0.2) is 21.7 Å². The number of alkyl halides is 2. The van der Waals surface area contributed by atoms with E-state index in [4.69, 9.17) is 5.11 Å². The number of rotatable bonds is 2. The minimum atomic E-state index is -3.20. The van der Waals surface area contributed by atoms with Crippen molar-refractivity contribution in [3.05, 3.63) is 29.6 Å². The summed E-state index contributed by atoms with van der Waals surface area (Å²) in [4.78, 5) is 6.97. The van der Waals surface area contributed by atoms with Crippen molar-refractivity contribution in [1.82, 2.24) is 9.97 Å². The summed E-state index contributed by atoms with van der Waals surface area (Å²) in [6, 6.07) is 4.10. The summed E-state index contributed by atoms with van der Waals surface area (Å²) in [6.45, 7) is 0.565. The number of hydrogen-bond donors (Lipinski definition) is 2. The van der Waals surface area contributed by atoms with Crippen molar-refractivity contribution in [2.24, 2.45) is 0 Å². The third-order valence-electron chi connectivity index (χ3n) is 2.22. The van der Waals surface area contributed by atoms with E-state index >= 15 is 0 Å². The van der Waals surface area contributed by atoms with E-state index in [2.05, 4.69) is 9.97 Å². The van der Waals surface area contributed by atoms with Crippen molar-refractivity contribution < 1.29 is 13.9 Å².